The molecule has 2 heterocycles. The molecule has 10 heteroatoms. The Labute approximate surface area is 188 Å². The molecule has 0 aliphatic carbocycles. The zero-order chi connectivity index (χ0) is 23.6. The van der Waals surface area contributed by atoms with Gasteiger partial charge in [0.05, 0.1) is 24.6 Å². The molecule has 0 aliphatic rings. The third-order valence-corrected chi connectivity index (χ3v) is 6.61. The van der Waals surface area contributed by atoms with Gasteiger partial charge < -0.3 is 10.2 Å². The first-order valence-electron chi connectivity index (χ1n) is 10.1. The minimum absolute atomic E-state index is 0.0657. The van der Waals surface area contributed by atoms with Gasteiger partial charge in [0.1, 0.15) is 17.0 Å². The first-order valence-corrected chi connectivity index (χ1v) is 10.9. The van der Waals surface area contributed by atoms with Crippen molar-refractivity contribution in [2.75, 3.05) is 6.61 Å². The van der Waals surface area contributed by atoms with E-state index in [2.05, 4.69) is 0 Å². The summed E-state index contributed by atoms with van der Waals surface area (Å²) in [5.74, 6) is -1.32. The van der Waals surface area contributed by atoms with E-state index in [4.69, 9.17) is 9.78 Å². The largest absolute Gasteiger partial charge is 0.480 e. The fourth-order valence-corrected chi connectivity index (χ4v) is 4.61. The maximum atomic E-state index is 13.4. The molecule has 9 nitrogen and oxygen atoms in total. The smallest absolute Gasteiger partial charge is 0.333 e. The number of nitrogens with zero attached hydrogens (tertiary/aromatic N) is 2. The molecule has 1 aromatic carbocycles. The number of aromatic nitrogens is 2. The average Bonchev–Trinajstić information content (AvgIpc) is 3.08. The second kappa shape index (κ2) is 9.37. The van der Waals surface area contributed by atoms with Gasteiger partial charge in [0.25, 0.3) is 5.56 Å². The highest BCUT2D eigenvalue weighted by molar-refractivity contribution is 7.18. The summed E-state index contributed by atoms with van der Waals surface area (Å²) in [5.41, 5.74) is -2.12. The summed E-state index contributed by atoms with van der Waals surface area (Å²) in [6.45, 7) is 6.33. The van der Waals surface area contributed by atoms with Crippen LogP contribution in [0.3, 0.4) is 0 Å². The highest BCUT2D eigenvalue weighted by atomic mass is 32.1. The van der Waals surface area contributed by atoms with E-state index in [0.29, 0.717) is 27.4 Å². The Balaban J connectivity index is 2.27. The maximum Gasteiger partial charge on any atom is 0.333 e. The van der Waals surface area contributed by atoms with Crippen molar-refractivity contribution >= 4 is 27.5 Å². The summed E-state index contributed by atoms with van der Waals surface area (Å²) in [4.78, 5) is 49.7. The lowest BCUT2D eigenvalue weighted by atomic mass is 10.1. The van der Waals surface area contributed by atoms with Crippen LogP contribution in [0.15, 0.2) is 39.9 Å². The summed E-state index contributed by atoms with van der Waals surface area (Å²) < 4.78 is 2.00. The van der Waals surface area contributed by atoms with E-state index in [0.717, 1.165) is 4.57 Å². The zero-order valence-electron chi connectivity index (χ0n) is 18.3. The number of aryl methyl sites for hydroxylation is 1. The number of fused-ring (bicyclic) bond motifs is 1. The summed E-state index contributed by atoms with van der Waals surface area (Å²) >= 11 is 1.18. The van der Waals surface area contributed by atoms with Gasteiger partial charge in [0.15, 0.2) is 0 Å². The zero-order valence-corrected chi connectivity index (χ0v) is 19.1. The van der Waals surface area contributed by atoms with Crippen LogP contribution in [-0.4, -0.2) is 31.9 Å². The quantitative estimate of drug-likeness (QED) is 0.285. The highest BCUT2D eigenvalue weighted by Crippen LogP contribution is 2.30. The standard InChI is InChI=1S/C22H26N2O7S/c1-5-30-31-12-16-13(2)17-18(26)24(22(3,4)20(27)28)21(29)23(19(17)32-16)11-15(25)14-9-7-6-8-10-14/h6-10,15,25H,5,11-12H2,1-4H3,(H,27,28). The van der Waals surface area contributed by atoms with Gasteiger partial charge in [-0.15, -0.1) is 11.3 Å². The van der Waals surface area contributed by atoms with Gasteiger partial charge in [-0.2, -0.15) is 0 Å². The molecule has 3 aromatic rings. The molecule has 2 aromatic heterocycles. The lowest BCUT2D eigenvalue weighted by Gasteiger charge is -2.24. The molecule has 3 rings (SSSR count). The molecule has 0 saturated heterocycles. The third kappa shape index (κ3) is 4.26. The van der Waals surface area contributed by atoms with Crippen LogP contribution in [0.4, 0.5) is 0 Å². The van der Waals surface area contributed by atoms with E-state index in [1.165, 1.54) is 29.8 Å². The molecule has 1 unspecified atom stereocenters. The lowest BCUT2D eigenvalue weighted by Crippen LogP contribution is -2.52. The monoisotopic (exact) mass is 462 g/mol. The van der Waals surface area contributed by atoms with E-state index >= 15 is 0 Å². The van der Waals surface area contributed by atoms with Gasteiger partial charge in [-0.3, -0.25) is 9.36 Å². The normalized spacial score (nSPS) is 12.9. The Morgan fingerprint density at radius 1 is 1.19 bits per heavy atom. The van der Waals surface area contributed by atoms with Gasteiger partial charge in [0, 0.05) is 4.88 Å². The number of hydrogen-bond donors (Lipinski definition) is 2. The minimum atomic E-state index is -1.79. The van der Waals surface area contributed by atoms with Crippen LogP contribution in [0.25, 0.3) is 10.2 Å². The summed E-state index contributed by atoms with van der Waals surface area (Å²) in [5, 5.41) is 20.7. The van der Waals surface area contributed by atoms with Crippen molar-refractivity contribution in [3.63, 3.8) is 0 Å². The SMILES string of the molecule is CCOOCc1sc2c(c1C)c(=O)n(C(C)(C)C(=O)O)c(=O)n2CC(O)c1ccccc1. The Morgan fingerprint density at radius 2 is 1.84 bits per heavy atom. The molecular formula is C22H26N2O7S. The highest BCUT2D eigenvalue weighted by Gasteiger charge is 2.35. The van der Waals surface area contributed by atoms with Gasteiger partial charge in [-0.1, -0.05) is 30.3 Å². The molecule has 32 heavy (non-hydrogen) atoms. The molecule has 1 atom stereocenters. The number of rotatable bonds is 9. The number of thiophene rings is 1. The molecule has 0 bridgehead atoms. The van der Waals surface area contributed by atoms with Gasteiger partial charge in [0.2, 0.25) is 0 Å². The Kier molecular flexibility index (Phi) is 6.99. The van der Waals surface area contributed by atoms with Gasteiger partial charge in [-0.05, 0) is 38.8 Å². The number of aliphatic carboxylic acids is 1. The Bertz CT molecular complexity index is 1240. The van der Waals surface area contributed by atoms with Crippen molar-refractivity contribution in [2.24, 2.45) is 0 Å². The molecule has 0 fully saturated rings. The molecule has 0 aliphatic heterocycles. The van der Waals surface area contributed by atoms with E-state index in [1.54, 1.807) is 38.1 Å². The first-order chi connectivity index (χ1) is 15.1. The summed E-state index contributed by atoms with van der Waals surface area (Å²) in [7, 11) is 0. The van der Waals surface area contributed by atoms with E-state index in [1.807, 2.05) is 6.07 Å². The molecule has 0 spiro atoms. The van der Waals surface area contributed by atoms with E-state index in [9.17, 15) is 24.6 Å². The number of carboxylic acids is 1. The second-order valence-electron chi connectivity index (χ2n) is 7.82. The molecule has 0 saturated carbocycles. The van der Waals surface area contributed by atoms with E-state index < -0.39 is 28.9 Å². The second-order valence-corrected chi connectivity index (χ2v) is 8.91. The number of aliphatic hydroxyl groups is 1. The van der Waals surface area contributed by atoms with Crippen molar-refractivity contribution in [1.29, 1.82) is 0 Å². The fraction of sp³-hybridized carbons (Fsp3) is 0.409. The molecule has 0 radical (unpaired) electrons. The van der Waals surface area contributed by atoms with Crippen molar-refractivity contribution < 1.29 is 24.8 Å². The van der Waals surface area contributed by atoms with Crippen LogP contribution in [0.5, 0.6) is 0 Å². The number of benzene rings is 1. The minimum Gasteiger partial charge on any atom is -0.480 e. The van der Waals surface area contributed by atoms with Crippen molar-refractivity contribution in [2.45, 2.75) is 52.5 Å². The van der Waals surface area contributed by atoms with Gasteiger partial charge in [-0.25, -0.2) is 23.9 Å². The topological polar surface area (TPSA) is 120 Å². The van der Waals surface area contributed by atoms with Crippen molar-refractivity contribution in [3.05, 3.63) is 67.2 Å². The average molecular weight is 463 g/mol. The number of carboxylic acid groups (broad SMARTS) is 1. The molecule has 0 amide bonds. The Morgan fingerprint density at radius 3 is 2.44 bits per heavy atom. The van der Waals surface area contributed by atoms with Crippen LogP contribution >= 0.6 is 11.3 Å². The van der Waals surface area contributed by atoms with Gasteiger partial charge >= 0.3 is 11.7 Å². The predicted molar refractivity (Wildman–Crippen MR) is 120 cm³/mol. The fourth-order valence-electron chi connectivity index (χ4n) is 3.41. The predicted octanol–water partition coefficient (Wildman–Crippen LogP) is 2.55. The Hall–Kier alpha value is -2.79. The first kappa shape index (κ1) is 23.9. The molecule has 172 valence electrons. The van der Waals surface area contributed by atoms with Crippen LogP contribution in [0.1, 0.15) is 42.9 Å². The van der Waals surface area contributed by atoms with Crippen LogP contribution in [0, 0.1) is 6.92 Å². The summed E-state index contributed by atoms with van der Waals surface area (Å²) in [6, 6.07) is 8.80. The van der Waals surface area contributed by atoms with Crippen molar-refractivity contribution in [1.82, 2.24) is 9.13 Å². The number of carbonyl (C=O) groups is 1. The van der Waals surface area contributed by atoms with Crippen LogP contribution in [0.2, 0.25) is 0 Å². The van der Waals surface area contributed by atoms with Crippen molar-refractivity contribution in [3.8, 4) is 0 Å². The van der Waals surface area contributed by atoms with Crippen LogP contribution in [-0.2, 0) is 33.3 Å². The van der Waals surface area contributed by atoms with Crippen LogP contribution < -0.4 is 11.2 Å². The number of aliphatic hydroxyl groups excluding tert-OH is 1. The molecule has 2 N–H and O–H groups in total. The third-order valence-electron chi connectivity index (χ3n) is 5.32. The summed E-state index contributed by atoms with van der Waals surface area (Å²) in [6.07, 6.45) is -1.04. The number of hydrogen-bond acceptors (Lipinski definition) is 7. The maximum absolute atomic E-state index is 13.4. The molecular weight excluding hydrogens is 436 g/mol. The lowest BCUT2D eigenvalue weighted by molar-refractivity contribution is -0.300. The van der Waals surface area contributed by atoms with E-state index in [-0.39, 0.29) is 18.5 Å².